The first-order valence-corrected chi connectivity index (χ1v) is 9.69. The fourth-order valence-electron chi connectivity index (χ4n) is 2.70. The maximum Gasteiger partial charge on any atom is 0.268 e. The van der Waals surface area contributed by atoms with Gasteiger partial charge in [0.2, 0.25) is 0 Å². The molecule has 0 amide bonds. The van der Waals surface area contributed by atoms with Gasteiger partial charge in [0.05, 0.1) is 17.0 Å². The molecule has 0 spiro atoms. The Bertz CT molecular complexity index is 1110. The molecule has 25 heavy (non-hydrogen) atoms. The molecule has 0 aliphatic carbocycles. The van der Waals surface area contributed by atoms with Gasteiger partial charge in [0.15, 0.2) is 5.16 Å². The summed E-state index contributed by atoms with van der Waals surface area (Å²) in [6.07, 6.45) is 3.75. The van der Waals surface area contributed by atoms with Gasteiger partial charge in [0.1, 0.15) is 10.5 Å². The summed E-state index contributed by atoms with van der Waals surface area (Å²) in [5.41, 5.74) is 4.27. The minimum Gasteiger partial charge on any atom is -0.309 e. The van der Waals surface area contributed by atoms with Gasteiger partial charge in [0, 0.05) is 12.4 Å². The molecule has 1 aromatic carbocycles. The predicted molar refractivity (Wildman–Crippen MR) is 103 cm³/mol. The summed E-state index contributed by atoms with van der Waals surface area (Å²) >= 11 is 2.97. The Morgan fingerprint density at radius 1 is 1.28 bits per heavy atom. The number of benzene rings is 1. The van der Waals surface area contributed by atoms with Crippen LogP contribution in [-0.2, 0) is 5.75 Å². The van der Waals surface area contributed by atoms with Crippen molar-refractivity contribution in [2.75, 3.05) is 0 Å². The summed E-state index contributed by atoms with van der Waals surface area (Å²) in [5.74, 6) is 1.22. The topological polar surface area (TPSA) is 63.6 Å². The van der Waals surface area contributed by atoms with E-state index >= 15 is 0 Å². The maximum atomic E-state index is 12.1. The van der Waals surface area contributed by atoms with Crippen LogP contribution in [0.4, 0.5) is 0 Å². The van der Waals surface area contributed by atoms with Crippen molar-refractivity contribution in [1.82, 2.24) is 19.5 Å². The lowest BCUT2D eigenvalue weighted by Crippen LogP contribution is -2.09. The van der Waals surface area contributed by atoms with Crippen LogP contribution in [0.5, 0.6) is 0 Å². The number of hydrogen-bond donors (Lipinski definition) is 1. The summed E-state index contributed by atoms with van der Waals surface area (Å²) < 4.78 is 2.75. The summed E-state index contributed by atoms with van der Waals surface area (Å²) in [6.45, 7) is 4.22. The van der Waals surface area contributed by atoms with Crippen molar-refractivity contribution in [2.24, 2.45) is 0 Å². The third kappa shape index (κ3) is 3.01. The number of aryl methyl sites for hydroxylation is 1. The monoisotopic (exact) mass is 368 g/mol. The van der Waals surface area contributed by atoms with Crippen molar-refractivity contribution in [3.63, 3.8) is 0 Å². The highest BCUT2D eigenvalue weighted by Gasteiger charge is 2.11. The number of nitrogens with one attached hydrogen (secondary N) is 1. The number of hydrogen-bond acceptors (Lipinski definition) is 5. The third-order valence-electron chi connectivity index (χ3n) is 4.14. The molecule has 1 N–H and O–H groups in total. The highest BCUT2D eigenvalue weighted by Crippen LogP contribution is 2.26. The number of rotatable bonds is 4. The van der Waals surface area contributed by atoms with Gasteiger partial charge >= 0.3 is 0 Å². The van der Waals surface area contributed by atoms with Crippen LogP contribution in [0.2, 0.25) is 0 Å². The highest BCUT2D eigenvalue weighted by molar-refractivity contribution is 7.98. The molecule has 3 heterocycles. The number of aromatic amines is 1. The Kier molecular flexibility index (Phi) is 4.19. The van der Waals surface area contributed by atoms with Gasteiger partial charge in [-0.3, -0.25) is 9.36 Å². The van der Waals surface area contributed by atoms with Crippen LogP contribution in [0.3, 0.4) is 0 Å². The van der Waals surface area contributed by atoms with Crippen LogP contribution in [0.1, 0.15) is 17.0 Å². The molecule has 0 bridgehead atoms. The van der Waals surface area contributed by atoms with Crippen molar-refractivity contribution >= 4 is 33.3 Å². The molecule has 0 radical (unpaired) electrons. The van der Waals surface area contributed by atoms with Crippen LogP contribution < -0.4 is 5.56 Å². The largest absolute Gasteiger partial charge is 0.309 e. The SMILES string of the molecule is Cc1cccc(-n2ccnc2SCc2nc3ccsc3c(=O)[nH]2)c1C. The average molecular weight is 368 g/mol. The Morgan fingerprint density at radius 3 is 3.04 bits per heavy atom. The molecule has 126 valence electrons. The summed E-state index contributed by atoms with van der Waals surface area (Å²) in [5, 5.41) is 2.76. The molecule has 5 nitrogen and oxygen atoms in total. The molecular weight excluding hydrogens is 352 g/mol. The molecule has 4 rings (SSSR count). The van der Waals surface area contributed by atoms with E-state index in [0.29, 0.717) is 16.3 Å². The quantitative estimate of drug-likeness (QED) is 0.551. The van der Waals surface area contributed by atoms with Crippen molar-refractivity contribution in [2.45, 2.75) is 24.8 Å². The number of H-pyrrole nitrogens is 1. The molecule has 0 aliphatic rings. The van der Waals surface area contributed by atoms with E-state index in [-0.39, 0.29) is 5.56 Å². The lowest BCUT2D eigenvalue weighted by molar-refractivity contribution is 0.883. The fraction of sp³-hybridized carbons (Fsp3) is 0.167. The molecule has 0 atom stereocenters. The van der Waals surface area contributed by atoms with E-state index in [1.54, 1.807) is 18.0 Å². The number of nitrogens with zero attached hydrogens (tertiary/aromatic N) is 3. The zero-order valence-electron chi connectivity index (χ0n) is 13.8. The van der Waals surface area contributed by atoms with Gasteiger partial charge in [-0.2, -0.15) is 0 Å². The molecular formula is C18H16N4OS2. The molecule has 4 aromatic rings. The number of fused-ring (bicyclic) bond motifs is 1. The van der Waals surface area contributed by atoms with Crippen molar-refractivity contribution in [3.8, 4) is 5.69 Å². The van der Waals surface area contributed by atoms with Crippen molar-refractivity contribution < 1.29 is 0 Å². The van der Waals surface area contributed by atoms with Crippen LogP contribution in [0.25, 0.3) is 15.9 Å². The first kappa shape index (κ1) is 16.1. The van der Waals surface area contributed by atoms with Crippen molar-refractivity contribution in [3.05, 3.63) is 69.3 Å². The average Bonchev–Trinajstić information content (AvgIpc) is 3.24. The van der Waals surface area contributed by atoms with Crippen LogP contribution in [0.15, 0.2) is 52.0 Å². The third-order valence-corrected chi connectivity index (χ3v) is 6.02. The minimum atomic E-state index is -0.0755. The van der Waals surface area contributed by atoms with Crippen LogP contribution in [-0.4, -0.2) is 19.5 Å². The molecule has 0 saturated heterocycles. The second kappa shape index (κ2) is 6.50. The van der Waals surface area contributed by atoms with E-state index in [9.17, 15) is 4.79 Å². The summed E-state index contributed by atoms with van der Waals surface area (Å²) in [6, 6.07) is 8.12. The van der Waals surface area contributed by atoms with Gasteiger partial charge in [-0.15, -0.1) is 11.3 Å². The smallest absolute Gasteiger partial charge is 0.268 e. The zero-order chi connectivity index (χ0) is 17.4. The predicted octanol–water partition coefficient (Wildman–Crippen LogP) is 4.08. The lowest BCUT2D eigenvalue weighted by atomic mass is 10.1. The minimum absolute atomic E-state index is 0.0755. The first-order valence-electron chi connectivity index (χ1n) is 7.82. The number of thiophene rings is 1. The summed E-state index contributed by atoms with van der Waals surface area (Å²) in [7, 11) is 0. The van der Waals surface area contributed by atoms with E-state index in [0.717, 1.165) is 16.4 Å². The normalized spacial score (nSPS) is 11.3. The number of imidazole rings is 1. The second-order valence-corrected chi connectivity index (χ2v) is 7.59. The molecule has 0 unspecified atom stereocenters. The Balaban J connectivity index is 1.63. The second-order valence-electron chi connectivity index (χ2n) is 5.74. The molecule has 0 aliphatic heterocycles. The molecule has 0 saturated carbocycles. The van der Waals surface area contributed by atoms with E-state index in [4.69, 9.17) is 0 Å². The fourth-order valence-corrected chi connectivity index (χ4v) is 4.26. The molecule has 0 fully saturated rings. The highest BCUT2D eigenvalue weighted by atomic mass is 32.2. The van der Waals surface area contributed by atoms with Gasteiger partial charge in [-0.05, 0) is 42.5 Å². The number of thioether (sulfide) groups is 1. The van der Waals surface area contributed by atoms with Gasteiger partial charge in [-0.1, -0.05) is 23.9 Å². The van der Waals surface area contributed by atoms with E-state index in [1.807, 2.05) is 17.6 Å². The standard InChI is InChI=1S/C18H16N4OS2/c1-11-4-3-5-14(12(11)2)22-8-7-19-18(22)25-10-15-20-13-6-9-24-16(13)17(23)21-15/h3-9H,10H2,1-2H3,(H,20,21,23). The van der Waals surface area contributed by atoms with Crippen molar-refractivity contribution in [1.29, 1.82) is 0 Å². The van der Waals surface area contributed by atoms with E-state index in [2.05, 4.69) is 51.6 Å². The Hall–Kier alpha value is -2.38. The van der Waals surface area contributed by atoms with Crippen LogP contribution >= 0.6 is 23.1 Å². The molecule has 3 aromatic heterocycles. The zero-order valence-corrected chi connectivity index (χ0v) is 15.4. The first-order chi connectivity index (χ1) is 12.1. The maximum absolute atomic E-state index is 12.1. The van der Waals surface area contributed by atoms with Crippen LogP contribution in [0, 0.1) is 13.8 Å². The molecule has 7 heteroatoms. The Labute approximate surface area is 152 Å². The lowest BCUT2D eigenvalue weighted by Gasteiger charge is -2.12. The van der Waals surface area contributed by atoms with Gasteiger partial charge in [0.25, 0.3) is 5.56 Å². The number of aromatic nitrogens is 4. The summed E-state index contributed by atoms with van der Waals surface area (Å²) in [4.78, 5) is 23.9. The van der Waals surface area contributed by atoms with E-state index in [1.165, 1.54) is 22.5 Å². The Morgan fingerprint density at radius 2 is 2.16 bits per heavy atom. The van der Waals surface area contributed by atoms with Gasteiger partial charge < -0.3 is 4.98 Å². The van der Waals surface area contributed by atoms with Gasteiger partial charge in [-0.25, -0.2) is 9.97 Å². The van der Waals surface area contributed by atoms with E-state index < -0.39 is 0 Å².